The molecule has 35 heavy (non-hydrogen) atoms. The Morgan fingerprint density at radius 2 is 1.83 bits per heavy atom. The van der Waals surface area contributed by atoms with Crippen LogP contribution in [0, 0.1) is 19.7 Å². The summed E-state index contributed by atoms with van der Waals surface area (Å²) in [5.41, 5.74) is 5.00. The summed E-state index contributed by atoms with van der Waals surface area (Å²) in [4.78, 5) is 22.8. The number of hydrogen-bond acceptors (Lipinski definition) is 7. The highest BCUT2D eigenvalue weighted by molar-refractivity contribution is 8.37. The Labute approximate surface area is 206 Å². The van der Waals surface area contributed by atoms with E-state index in [1.54, 1.807) is 6.07 Å². The molecule has 8 nitrogen and oxygen atoms in total. The van der Waals surface area contributed by atoms with Crippen LogP contribution >= 0.6 is 10.5 Å². The van der Waals surface area contributed by atoms with Crippen molar-refractivity contribution in [3.8, 4) is 11.5 Å². The zero-order chi connectivity index (χ0) is 25.1. The quantitative estimate of drug-likeness (QED) is 0.367. The van der Waals surface area contributed by atoms with Gasteiger partial charge in [0.1, 0.15) is 11.6 Å². The summed E-state index contributed by atoms with van der Waals surface area (Å²) in [6.07, 6.45) is 1.79. The van der Waals surface area contributed by atoms with E-state index in [0.717, 1.165) is 37.1 Å². The summed E-state index contributed by atoms with van der Waals surface area (Å²) < 4.78 is 21.3. The fourth-order valence-electron chi connectivity index (χ4n) is 3.91. The van der Waals surface area contributed by atoms with E-state index in [4.69, 9.17) is 9.72 Å². The lowest BCUT2D eigenvalue weighted by atomic mass is 10.1. The van der Waals surface area contributed by atoms with Gasteiger partial charge in [-0.25, -0.2) is 14.2 Å². The maximum Gasteiger partial charge on any atom is 0.366 e. The lowest BCUT2D eigenvalue weighted by Gasteiger charge is -2.25. The van der Waals surface area contributed by atoms with Crippen LogP contribution in [0.2, 0.25) is 0 Å². The Morgan fingerprint density at radius 3 is 2.43 bits per heavy atom. The summed E-state index contributed by atoms with van der Waals surface area (Å²) in [5, 5.41) is 14.5. The molecule has 1 atom stereocenters. The van der Waals surface area contributed by atoms with E-state index in [1.165, 1.54) is 22.1 Å². The third kappa shape index (κ3) is 5.12. The van der Waals surface area contributed by atoms with Crippen molar-refractivity contribution in [2.45, 2.75) is 40.5 Å². The Hall–Kier alpha value is -3.53. The number of carboxylic acid groups (broad SMARTS) is 1. The van der Waals surface area contributed by atoms with Crippen molar-refractivity contribution in [3.63, 3.8) is 0 Å². The molecule has 0 amide bonds. The van der Waals surface area contributed by atoms with Crippen LogP contribution in [0.4, 0.5) is 21.0 Å². The molecular formula is C25H28FN5O3S. The number of anilines is 2. The van der Waals surface area contributed by atoms with Crippen LogP contribution < -0.4 is 14.6 Å². The van der Waals surface area contributed by atoms with Crippen LogP contribution in [0.1, 0.15) is 37.8 Å². The highest BCUT2D eigenvalue weighted by Gasteiger charge is 2.22. The van der Waals surface area contributed by atoms with Crippen LogP contribution in [-0.2, 0) is 0 Å². The molecule has 10 heteroatoms. The third-order valence-electron chi connectivity index (χ3n) is 5.53. The number of hydrogen-bond donors (Lipinski definition) is 1. The van der Waals surface area contributed by atoms with Gasteiger partial charge in [0.15, 0.2) is 11.6 Å². The van der Waals surface area contributed by atoms with Gasteiger partial charge in [0.25, 0.3) is 5.95 Å². The van der Waals surface area contributed by atoms with Crippen molar-refractivity contribution >= 4 is 49.5 Å². The van der Waals surface area contributed by atoms with Gasteiger partial charge in [-0.3, -0.25) is 0 Å². The summed E-state index contributed by atoms with van der Waals surface area (Å²) in [5.74, 6) is 0.988. The molecule has 0 bridgehead atoms. The topological polar surface area (TPSA) is 91.2 Å². The number of halogens is 1. The average Bonchev–Trinajstić information content (AvgIpc) is 3.32. The zero-order valence-corrected chi connectivity index (χ0v) is 21.0. The Bertz CT molecular complexity index is 1320. The second-order valence-corrected chi connectivity index (χ2v) is 9.78. The van der Waals surface area contributed by atoms with Crippen molar-refractivity contribution in [2.24, 2.45) is 5.10 Å². The number of hydrazone groups is 1. The first-order chi connectivity index (χ1) is 16.8. The van der Waals surface area contributed by atoms with Gasteiger partial charge >= 0.3 is 5.30 Å². The lowest BCUT2D eigenvalue weighted by molar-refractivity contribution is 0.222. The Balaban J connectivity index is 1.87. The summed E-state index contributed by atoms with van der Waals surface area (Å²) in [6, 6.07) is 8.75. The van der Waals surface area contributed by atoms with Crippen LogP contribution in [0.25, 0.3) is 10.9 Å². The average molecular weight is 498 g/mol. The molecule has 0 saturated carbocycles. The number of benzene rings is 2. The molecule has 1 N–H and O–H groups in total. The number of nitrogens with zero attached hydrogens (tertiary/aromatic N) is 5. The molecule has 0 radical (unpaired) electrons. The number of carbonyl (C=O) groups is 1. The molecule has 0 fully saturated rings. The molecule has 4 rings (SSSR count). The van der Waals surface area contributed by atoms with Gasteiger partial charge in [0.05, 0.1) is 16.6 Å². The number of para-hydroxylation sites is 1. The third-order valence-corrected chi connectivity index (χ3v) is 6.68. The number of rotatable bonds is 8. The fourth-order valence-corrected chi connectivity index (χ4v) is 4.71. The van der Waals surface area contributed by atoms with E-state index < -0.39 is 21.6 Å². The molecule has 0 saturated heterocycles. The minimum atomic E-state index is -1.16. The molecule has 2 aromatic carbocycles. The predicted octanol–water partition coefficient (Wildman–Crippen LogP) is 6.27. The van der Waals surface area contributed by atoms with E-state index in [2.05, 4.69) is 28.8 Å². The number of fused-ring (bicyclic) bond motifs is 1. The molecule has 0 aliphatic carbocycles. The van der Waals surface area contributed by atoms with E-state index >= 15 is 4.39 Å². The normalized spacial score (nSPS) is 14.9. The van der Waals surface area contributed by atoms with Crippen LogP contribution in [0.5, 0.6) is 11.5 Å². The summed E-state index contributed by atoms with van der Waals surface area (Å²) >= 11 is 0. The van der Waals surface area contributed by atoms with Gasteiger partial charge in [0, 0.05) is 24.5 Å². The Morgan fingerprint density at radius 1 is 1.14 bits per heavy atom. The predicted molar refractivity (Wildman–Crippen MR) is 141 cm³/mol. The summed E-state index contributed by atoms with van der Waals surface area (Å²) in [7, 11) is -1.16. The molecule has 1 aromatic heterocycles. The number of aryl methyl sites for hydroxylation is 2. The number of aromatic nitrogens is 2. The smallest absolute Gasteiger partial charge is 0.366 e. The van der Waals surface area contributed by atoms with E-state index in [-0.39, 0.29) is 11.7 Å². The van der Waals surface area contributed by atoms with Gasteiger partial charge in [0.2, 0.25) is 0 Å². The molecule has 2 heterocycles. The van der Waals surface area contributed by atoms with Crippen molar-refractivity contribution in [3.05, 3.63) is 47.3 Å². The fraction of sp³-hybridized carbons (Fsp3) is 0.320. The van der Waals surface area contributed by atoms with Crippen molar-refractivity contribution < 1.29 is 19.0 Å². The molecule has 1 unspecified atom stereocenters. The molecule has 0 spiro atoms. The second-order valence-electron chi connectivity index (χ2n) is 8.27. The molecule has 1 aliphatic rings. The van der Waals surface area contributed by atoms with Crippen molar-refractivity contribution in [2.75, 3.05) is 23.0 Å². The maximum absolute atomic E-state index is 15.2. The molecule has 184 valence electrons. The monoisotopic (exact) mass is 497 g/mol. The van der Waals surface area contributed by atoms with Gasteiger partial charge in [-0.1, -0.05) is 32.0 Å². The van der Waals surface area contributed by atoms with Gasteiger partial charge in [-0.05, 0) is 54.4 Å². The summed E-state index contributed by atoms with van der Waals surface area (Å²) in [6.45, 7) is 9.50. The van der Waals surface area contributed by atoms with Gasteiger partial charge < -0.3 is 14.7 Å². The van der Waals surface area contributed by atoms with Crippen LogP contribution in [-0.4, -0.2) is 44.5 Å². The second kappa shape index (κ2) is 10.4. The molecular weight excluding hydrogens is 469 g/mol. The standard InChI is InChI=1S/C25H28FN5O3S/c1-5-10-30(11-6-2)23-18-12-21(34-22-16(3)8-7-9-17(22)4)19(26)13-20(18)28-24(29-23)31-15-35(14-27-31)25(32)33/h7-9,12-15H,5-6,10-11H2,1-4H3,(H,32,33). The maximum atomic E-state index is 15.2. The first-order valence-corrected chi connectivity index (χ1v) is 12.8. The largest absolute Gasteiger partial charge is 0.473 e. The van der Waals surface area contributed by atoms with Gasteiger partial charge in [-0.2, -0.15) is 15.1 Å². The SMILES string of the molecule is CCCN(CCC)c1nc(N2C=S(C(=O)O)C=N2)nc2cc(F)c(Oc3c(C)cccc3C)cc12. The number of ether oxygens (including phenoxy) is 1. The zero-order valence-electron chi connectivity index (χ0n) is 20.2. The molecule has 1 aliphatic heterocycles. The highest BCUT2D eigenvalue weighted by Crippen LogP contribution is 2.36. The lowest BCUT2D eigenvalue weighted by Crippen LogP contribution is -2.27. The van der Waals surface area contributed by atoms with Gasteiger partial charge in [-0.15, -0.1) is 0 Å². The van der Waals surface area contributed by atoms with Crippen molar-refractivity contribution in [1.29, 1.82) is 0 Å². The van der Waals surface area contributed by atoms with Crippen molar-refractivity contribution in [1.82, 2.24) is 9.97 Å². The van der Waals surface area contributed by atoms with E-state index in [9.17, 15) is 9.90 Å². The Kier molecular flexibility index (Phi) is 7.30. The highest BCUT2D eigenvalue weighted by atomic mass is 32.2. The minimum Gasteiger partial charge on any atom is -0.473 e. The van der Waals surface area contributed by atoms with E-state index in [0.29, 0.717) is 22.5 Å². The first kappa shape index (κ1) is 24.6. The van der Waals surface area contributed by atoms with Crippen LogP contribution in [0.3, 0.4) is 0 Å². The van der Waals surface area contributed by atoms with E-state index in [1.807, 2.05) is 32.0 Å². The van der Waals surface area contributed by atoms with Crippen LogP contribution in [0.15, 0.2) is 35.4 Å². The minimum absolute atomic E-state index is 0.0959. The molecule has 3 aromatic rings. The first-order valence-electron chi connectivity index (χ1n) is 11.5.